The molecule has 0 aliphatic carbocycles. The lowest BCUT2D eigenvalue weighted by molar-refractivity contribution is 0.0929. The van der Waals surface area contributed by atoms with E-state index in [1.807, 2.05) is 0 Å². The van der Waals surface area contributed by atoms with Gasteiger partial charge in [0.05, 0.1) is 0 Å². The van der Waals surface area contributed by atoms with Gasteiger partial charge >= 0.3 is 0 Å². The molecule has 3 heteroatoms. The lowest BCUT2D eigenvalue weighted by Crippen LogP contribution is -2.22. The molecule has 1 N–H and O–H groups in total. The molecule has 64 valence electrons. The lowest BCUT2D eigenvalue weighted by atomic mass is 10.4. The van der Waals surface area contributed by atoms with Gasteiger partial charge in [-0.3, -0.25) is 4.79 Å². The largest absolute Gasteiger partial charge is 0.456 e. The first-order valence-electron chi connectivity index (χ1n) is 3.69. The van der Waals surface area contributed by atoms with Crippen molar-refractivity contribution in [2.24, 2.45) is 0 Å². The first kappa shape index (κ1) is 8.59. The van der Waals surface area contributed by atoms with E-state index in [0.29, 0.717) is 12.3 Å². The highest BCUT2D eigenvalue weighted by molar-refractivity contribution is 5.91. The molecule has 0 radical (unpaired) electrons. The number of aryl methyl sites for hydroxylation is 1. The predicted octanol–water partition coefficient (Wildman–Crippen LogP) is 1.50. The van der Waals surface area contributed by atoms with Gasteiger partial charge in [-0.25, -0.2) is 0 Å². The summed E-state index contributed by atoms with van der Waals surface area (Å²) in [7, 11) is 0. The Balaban J connectivity index is 2.59. The monoisotopic (exact) mass is 165 g/mol. The fraction of sp³-hybridized carbons (Fsp3) is 0.222. The highest BCUT2D eigenvalue weighted by atomic mass is 16.3. The second-order valence-corrected chi connectivity index (χ2v) is 2.41. The molecule has 1 aromatic rings. The van der Waals surface area contributed by atoms with Crippen molar-refractivity contribution >= 4 is 5.91 Å². The molecule has 0 saturated heterocycles. The van der Waals surface area contributed by atoms with Crippen LogP contribution in [-0.4, -0.2) is 12.5 Å². The van der Waals surface area contributed by atoms with E-state index in [1.54, 1.807) is 25.1 Å². The van der Waals surface area contributed by atoms with Crippen LogP contribution in [0.2, 0.25) is 0 Å². The van der Waals surface area contributed by atoms with Gasteiger partial charge in [-0.1, -0.05) is 6.08 Å². The van der Waals surface area contributed by atoms with Gasteiger partial charge in [-0.05, 0) is 19.1 Å². The minimum atomic E-state index is -0.206. The Morgan fingerprint density at radius 2 is 2.50 bits per heavy atom. The molecule has 0 fully saturated rings. The zero-order chi connectivity index (χ0) is 8.97. The number of carbonyl (C=O) groups is 1. The highest BCUT2D eigenvalue weighted by Crippen LogP contribution is 2.05. The van der Waals surface area contributed by atoms with Gasteiger partial charge < -0.3 is 9.73 Å². The van der Waals surface area contributed by atoms with Gasteiger partial charge in [0.1, 0.15) is 5.76 Å². The van der Waals surface area contributed by atoms with Crippen molar-refractivity contribution in [1.29, 1.82) is 0 Å². The number of amides is 1. The summed E-state index contributed by atoms with van der Waals surface area (Å²) in [5.74, 6) is 0.871. The van der Waals surface area contributed by atoms with Crippen LogP contribution in [0.1, 0.15) is 16.3 Å². The summed E-state index contributed by atoms with van der Waals surface area (Å²) in [6.45, 7) is 5.74. The van der Waals surface area contributed by atoms with E-state index in [4.69, 9.17) is 4.42 Å². The Kier molecular flexibility index (Phi) is 2.69. The maximum atomic E-state index is 11.2. The Labute approximate surface area is 71.1 Å². The van der Waals surface area contributed by atoms with Crippen molar-refractivity contribution in [2.75, 3.05) is 6.54 Å². The van der Waals surface area contributed by atoms with Gasteiger partial charge in [0, 0.05) is 6.54 Å². The van der Waals surface area contributed by atoms with Crippen molar-refractivity contribution in [3.63, 3.8) is 0 Å². The molecular weight excluding hydrogens is 154 g/mol. The first-order chi connectivity index (χ1) is 5.74. The summed E-state index contributed by atoms with van der Waals surface area (Å²) in [6, 6.07) is 3.40. The molecule has 0 aliphatic rings. The van der Waals surface area contributed by atoms with Gasteiger partial charge in [0.25, 0.3) is 5.91 Å². The van der Waals surface area contributed by atoms with Crippen LogP contribution >= 0.6 is 0 Å². The third-order valence-corrected chi connectivity index (χ3v) is 1.37. The first-order valence-corrected chi connectivity index (χ1v) is 3.69. The molecule has 0 unspecified atom stereocenters. The van der Waals surface area contributed by atoms with Crippen LogP contribution in [0.3, 0.4) is 0 Å². The third-order valence-electron chi connectivity index (χ3n) is 1.37. The minimum absolute atomic E-state index is 0.206. The molecule has 0 spiro atoms. The second-order valence-electron chi connectivity index (χ2n) is 2.41. The summed E-state index contributed by atoms with van der Waals surface area (Å²) >= 11 is 0. The summed E-state index contributed by atoms with van der Waals surface area (Å²) in [5.41, 5.74) is 0. The van der Waals surface area contributed by atoms with E-state index in [-0.39, 0.29) is 5.91 Å². The Morgan fingerprint density at radius 1 is 1.75 bits per heavy atom. The molecule has 0 atom stereocenters. The van der Waals surface area contributed by atoms with E-state index in [0.717, 1.165) is 5.76 Å². The van der Waals surface area contributed by atoms with Crippen LogP contribution in [0, 0.1) is 6.92 Å². The summed E-state index contributed by atoms with van der Waals surface area (Å²) < 4.78 is 5.10. The van der Waals surface area contributed by atoms with Crippen molar-refractivity contribution < 1.29 is 9.21 Å². The van der Waals surface area contributed by atoms with Crippen molar-refractivity contribution in [3.05, 3.63) is 36.3 Å². The van der Waals surface area contributed by atoms with Crippen LogP contribution < -0.4 is 5.32 Å². The molecule has 1 rings (SSSR count). The minimum Gasteiger partial charge on any atom is -0.456 e. The SMILES string of the molecule is C=CCNC(=O)c1ccc(C)o1. The van der Waals surface area contributed by atoms with Crippen molar-refractivity contribution in [3.8, 4) is 0 Å². The molecule has 12 heavy (non-hydrogen) atoms. The maximum absolute atomic E-state index is 11.2. The fourth-order valence-corrected chi connectivity index (χ4v) is 0.809. The molecular formula is C9H11NO2. The van der Waals surface area contributed by atoms with Crippen LogP contribution in [0.4, 0.5) is 0 Å². The average Bonchev–Trinajstić information content (AvgIpc) is 2.47. The lowest BCUT2D eigenvalue weighted by Gasteiger charge is -1.96. The van der Waals surface area contributed by atoms with E-state index >= 15 is 0 Å². The Hall–Kier alpha value is -1.51. The summed E-state index contributed by atoms with van der Waals surface area (Å²) in [5, 5.41) is 2.61. The number of furan rings is 1. The smallest absolute Gasteiger partial charge is 0.287 e. The number of hydrogen-bond acceptors (Lipinski definition) is 2. The Bertz CT molecular complexity index is 288. The number of carbonyl (C=O) groups excluding carboxylic acids is 1. The van der Waals surface area contributed by atoms with Gasteiger partial charge in [0.2, 0.25) is 0 Å². The fourth-order valence-electron chi connectivity index (χ4n) is 0.809. The summed E-state index contributed by atoms with van der Waals surface area (Å²) in [6.07, 6.45) is 1.62. The molecule has 1 heterocycles. The van der Waals surface area contributed by atoms with Crippen LogP contribution in [-0.2, 0) is 0 Å². The standard InChI is InChI=1S/C9H11NO2/c1-3-6-10-9(11)8-5-4-7(2)12-8/h3-5H,1,6H2,2H3,(H,10,11). The number of nitrogens with one attached hydrogen (secondary N) is 1. The van der Waals surface area contributed by atoms with Crippen LogP contribution in [0.25, 0.3) is 0 Å². The van der Waals surface area contributed by atoms with Gasteiger partial charge in [0.15, 0.2) is 5.76 Å². The molecule has 1 amide bonds. The van der Waals surface area contributed by atoms with E-state index in [2.05, 4.69) is 11.9 Å². The second kappa shape index (κ2) is 3.76. The Morgan fingerprint density at radius 3 is 3.00 bits per heavy atom. The van der Waals surface area contributed by atoms with E-state index in [9.17, 15) is 4.79 Å². The number of hydrogen-bond donors (Lipinski definition) is 1. The molecule has 3 nitrogen and oxygen atoms in total. The molecule has 0 aromatic carbocycles. The number of rotatable bonds is 3. The van der Waals surface area contributed by atoms with Crippen LogP contribution in [0.5, 0.6) is 0 Å². The zero-order valence-corrected chi connectivity index (χ0v) is 6.96. The summed E-state index contributed by atoms with van der Waals surface area (Å²) in [4.78, 5) is 11.2. The predicted molar refractivity (Wildman–Crippen MR) is 46.0 cm³/mol. The molecule has 0 saturated carbocycles. The van der Waals surface area contributed by atoms with Gasteiger partial charge in [-0.2, -0.15) is 0 Å². The van der Waals surface area contributed by atoms with Crippen molar-refractivity contribution in [2.45, 2.75) is 6.92 Å². The van der Waals surface area contributed by atoms with Crippen molar-refractivity contribution in [1.82, 2.24) is 5.32 Å². The van der Waals surface area contributed by atoms with E-state index in [1.165, 1.54) is 0 Å². The normalized spacial score (nSPS) is 9.42. The zero-order valence-electron chi connectivity index (χ0n) is 6.96. The third kappa shape index (κ3) is 1.99. The van der Waals surface area contributed by atoms with Crippen LogP contribution in [0.15, 0.2) is 29.2 Å². The maximum Gasteiger partial charge on any atom is 0.287 e. The van der Waals surface area contributed by atoms with E-state index < -0.39 is 0 Å². The average molecular weight is 165 g/mol. The molecule has 0 aliphatic heterocycles. The van der Waals surface area contributed by atoms with Gasteiger partial charge in [-0.15, -0.1) is 6.58 Å². The molecule has 1 aromatic heterocycles. The quantitative estimate of drug-likeness (QED) is 0.690. The topological polar surface area (TPSA) is 42.2 Å². The molecule has 0 bridgehead atoms. The highest BCUT2D eigenvalue weighted by Gasteiger charge is 2.07.